The van der Waals surface area contributed by atoms with E-state index in [1.807, 2.05) is 0 Å². The lowest BCUT2D eigenvalue weighted by Crippen LogP contribution is -2.63. The lowest BCUT2D eigenvalue weighted by Gasteiger charge is -2.40. The largest absolute Gasteiger partial charge is 0.310 e. The summed E-state index contributed by atoms with van der Waals surface area (Å²) in [4.78, 5) is 0. The smallest absolute Gasteiger partial charge is 0.247 e. The van der Waals surface area contributed by atoms with Crippen LogP contribution in [0.25, 0.3) is 55.0 Å². The fourth-order valence-electron chi connectivity index (χ4n) is 12.7. The summed E-state index contributed by atoms with van der Waals surface area (Å²) in [5.74, 6) is 0. The molecule has 0 spiro atoms. The Hall–Kier alpha value is -5.73. The summed E-state index contributed by atoms with van der Waals surface area (Å²) >= 11 is 0. The molecule has 2 aliphatic heterocycles. The van der Waals surface area contributed by atoms with Crippen LogP contribution in [0.5, 0.6) is 0 Å². The van der Waals surface area contributed by atoms with Gasteiger partial charge in [-0.25, -0.2) is 0 Å². The Morgan fingerprint density at radius 2 is 0.600 bits per heavy atom. The summed E-state index contributed by atoms with van der Waals surface area (Å²) in [6.45, 7) is 43.5. The number of benzene rings is 7. The summed E-state index contributed by atoms with van der Waals surface area (Å²) in [6, 6.07) is 48.4. The van der Waals surface area contributed by atoms with Gasteiger partial charge in [0.1, 0.15) is 0 Å². The summed E-state index contributed by atoms with van der Waals surface area (Å²) in [6.07, 6.45) is 0. The molecule has 0 N–H and O–H groups in total. The third kappa shape index (κ3) is 6.88. The van der Waals surface area contributed by atoms with Crippen molar-refractivity contribution in [2.75, 3.05) is 0 Å². The van der Waals surface area contributed by atoms with E-state index in [1.165, 1.54) is 121 Å². The highest BCUT2D eigenvalue weighted by atomic mass is 15.0. The molecule has 9 aromatic rings. The second kappa shape index (κ2) is 14.9. The molecule has 70 heavy (non-hydrogen) atoms. The third-order valence-corrected chi connectivity index (χ3v) is 16.3. The highest BCUT2D eigenvalue weighted by molar-refractivity contribution is 7.00. The van der Waals surface area contributed by atoms with E-state index in [2.05, 4.69) is 255 Å². The first-order valence-electron chi connectivity index (χ1n) is 26.2. The van der Waals surface area contributed by atoms with Crippen LogP contribution in [-0.4, -0.2) is 22.6 Å². The van der Waals surface area contributed by atoms with Crippen LogP contribution in [0.1, 0.15) is 158 Å². The number of nitrogens with zero attached hydrogens (tertiary/aromatic N) is 2. The molecule has 0 saturated heterocycles. The minimum absolute atomic E-state index is 0.0132. The van der Waals surface area contributed by atoms with E-state index in [-0.39, 0.29) is 45.9 Å². The van der Waals surface area contributed by atoms with Crippen molar-refractivity contribution in [2.45, 2.75) is 157 Å². The predicted molar refractivity (Wildman–Crippen MR) is 310 cm³/mol. The van der Waals surface area contributed by atoms with Gasteiger partial charge in [-0.2, -0.15) is 0 Å². The fraction of sp³-hybridized carbons (Fsp3) is 0.364. The van der Waals surface area contributed by atoms with Gasteiger partial charge in [-0.3, -0.25) is 0 Å². The zero-order valence-corrected chi connectivity index (χ0v) is 45.6. The van der Waals surface area contributed by atoms with Crippen molar-refractivity contribution in [3.05, 3.63) is 155 Å². The van der Waals surface area contributed by atoms with Gasteiger partial charge in [0, 0.05) is 44.0 Å². The van der Waals surface area contributed by atoms with Crippen molar-refractivity contribution in [2.24, 2.45) is 0 Å². The molecule has 0 fully saturated rings. The molecule has 4 heteroatoms. The van der Waals surface area contributed by atoms with Crippen LogP contribution >= 0.6 is 0 Å². The number of para-hydroxylation sites is 4. The maximum absolute atomic E-state index is 2.69. The van der Waals surface area contributed by atoms with Gasteiger partial charge in [0.15, 0.2) is 0 Å². The van der Waals surface area contributed by atoms with Crippen LogP contribution in [-0.2, 0) is 32.5 Å². The first-order valence-corrected chi connectivity index (χ1v) is 26.2. The van der Waals surface area contributed by atoms with Crippen LogP contribution in [0.2, 0.25) is 0 Å². The van der Waals surface area contributed by atoms with E-state index >= 15 is 0 Å². The van der Waals surface area contributed by atoms with Gasteiger partial charge in [0.05, 0.1) is 11.0 Å². The van der Waals surface area contributed by atoms with E-state index < -0.39 is 0 Å². The lowest BCUT2D eigenvalue weighted by molar-refractivity contribution is 0.552. The topological polar surface area (TPSA) is 9.86 Å². The van der Waals surface area contributed by atoms with E-state index in [1.54, 1.807) is 0 Å². The van der Waals surface area contributed by atoms with Crippen LogP contribution < -0.4 is 32.8 Å². The zero-order chi connectivity index (χ0) is 50.2. The quantitative estimate of drug-likeness (QED) is 0.153. The molecular formula is C66H74B2N2. The van der Waals surface area contributed by atoms with Crippen molar-refractivity contribution in [1.29, 1.82) is 0 Å². The molecular weight excluding hydrogens is 842 g/mol. The van der Waals surface area contributed by atoms with Gasteiger partial charge in [0.2, 0.25) is 13.4 Å². The molecule has 4 heterocycles. The second-order valence-electron chi connectivity index (χ2n) is 27.5. The first kappa shape index (κ1) is 46.6. The van der Waals surface area contributed by atoms with Gasteiger partial charge in [-0.1, -0.05) is 233 Å². The van der Waals surface area contributed by atoms with Crippen LogP contribution in [0.15, 0.2) is 121 Å². The summed E-state index contributed by atoms with van der Waals surface area (Å²) in [5, 5.41) is 5.26. The number of hydrogen-bond acceptors (Lipinski definition) is 0. The molecule has 7 aromatic carbocycles. The average Bonchev–Trinajstić information content (AvgIpc) is 3.79. The van der Waals surface area contributed by atoms with Crippen LogP contribution in [0.4, 0.5) is 0 Å². The summed E-state index contributed by atoms with van der Waals surface area (Å²) in [7, 11) is 0. The van der Waals surface area contributed by atoms with E-state index in [0.29, 0.717) is 0 Å². The molecule has 0 atom stereocenters. The Morgan fingerprint density at radius 3 is 0.900 bits per heavy atom. The maximum Gasteiger partial charge on any atom is 0.247 e. The van der Waals surface area contributed by atoms with Crippen molar-refractivity contribution in [1.82, 2.24) is 9.13 Å². The van der Waals surface area contributed by atoms with E-state index in [0.717, 1.165) is 0 Å². The SMILES string of the molecule is CC(C)(C)c1cc(C(C)(C)C)c(B2c3cc4c(cc3-n3c5ccccc5c5cccc2c53)B(c2c(C(C)(C)C)cc(C(C)(C)C)cc2C(C)(C)C)c2cccc3c5ccccc5n-4c23)c(C(C)(C)C)c1. The van der Waals surface area contributed by atoms with E-state index in [9.17, 15) is 0 Å². The van der Waals surface area contributed by atoms with Crippen molar-refractivity contribution in [3.63, 3.8) is 0 Å². The Balaban J connectivity index is 1.38. The fourth-order valence-corrected chi connectivity index (χ4v) is 12.7. The second-order valence-corrected chi connectivity index (χ2v) is 27.5. The number of rotatable bonds is 2. The number of aromatic nitrogens is 2. The van der Waals surface area contributed by atoms with Crippen LogP contribution in [0, 0.1) is 0 Å². The highest BCUT2D eigenvalue weighted by Gasteiger charge is 2.45. The average molecular weight is 917 g/mol. The lowest BCUT2D eigenvalue weighted by atomic mass is 9.30. The zero-order valence-electron chi connectivity index (χ0n) is 45.6. The number of hydrogen-bond donors (Lipinski definition) is 0. The monoisotopic (exact) mass is 917 g/mol. The standard InChI is InChI=1S/C66H74B2N2/c1-61(2,3)39-33-45(63(7,8)9)57(46(34-39)64(10,11)12)67-49-29-23-27-43-41-25-19-21-31-53(41)69(59(43)49)55-38-52-56(37-51(55)67)70-54-32-22-20-26-42(54)44-28-24-30-50(60(44)70)68(52)58-47(65(13,14)15)35-40(62(4,5)6)36-48(58)66(16,17)18/h19-38H,1-18H3. The minimum atomic E-state index is -0.123. The molecule has 0 amide bonds. The first-order chi connectivity index (χ1) is 32.6. The normalized spacial score (nSPS) is 14.4. The highest BCUT2D eigenvalue weighted by Crippen LogP contribution is 2.41. The van der Waals surface area contributed by atoms with Gasteiger partial charge < -0.3 is 9.13 Å². The predicted octanol–water partition coefficient (Wildman–Crippen LogP) is 13.3. The minimum Gasteiger partial charge on any atom is -0.310 e. The Labute approximate surface area is 420 Å². The molecule has 0 saturated carbocycles. The maximum atomic E-state index is 2.69. The molecule has 354 valence electrons. The molecule has 0 radical (unpaired) electrons. The van der Waals surface area contributed by atoms with Gasteiger partial charge >= 0.3 is 0 Å². The molecule has 0 unspecified atom stereocenters. The molecule has 2 aromatic heterocycles. The Morgan fingerprint density at radius 1 is 0.300 bits per heavy atom. The summed E-state index contributed by atoms with van der Waals surface area (Å²) in [5.41, 5.74) is 24.3. The molecule has 0 bridgehead atoms. The van der Waals surface area contributed by atoms with E-state index in [4.69, 9.17) is 0 Å². The molecule has 2 nitrogen and oxygen atoms in total. The van der Waals surface area contributed by atoms with Crippen molar-refractivity contribution >= 4 is 89.8 Å². The van der Waals surface area contributed by atoms with Crippen molar-refractivity contribution in [3.8, 4) is 11.4 Å². The van der Waals surface area contributed by atoms with Gasteiger partial charge in [0.25, 0.3) is 0 Å². The van der Waals surface area contributed by atoms with Gasteiger partial charge in [-0.05, 0) is 112 Å². The summed E-state index contributed by atoms with van der Waals surface area (Å²) < 4.78 is 5.34. The van der Waals surface area contributed by atoms with Gasteiger partial charge in [-0.15, -0.1) is 0 Å². The molecule has 2 aliphatic rings. The third-order valence-electron chi connectivity index (χ3n) is 16.3. The molecule has 0 aliphatic carbocycles. The van der Waals surface area contributed by atoms with Crippen LogP contribution in [0.3, 0.4) is 0 Å². The molecule has 11 rings (SSSR count). The Bertz CT molecular complexity index is 3350. The number of fused-ring (bicyclic) bond motifs is 10. The van der Waals surface area contributed by atoms with Crippen molar-refractivity contribution < 1.29 is 0 Å². The Kier molecular flexibility index (Phi) is 9.94.